The Bertz CT molecular complexity index is 352. The molecule has 15 heavy (non-hydrogen) atoms. The lowest BCUT2D eigenvalue weighted by atomic mass is 10.2. The molecule has 1 rings (SSSR count). The Morgan fingerprint density at radius 2 is 2.27 bits per heavy atom. The number of unbranched alkanes of at least 4 members (excludes halogenated alkanes) is 1. The van der Waals surface area contributed by atoms with Gasteiger partial charge in [-0.25, -0.2) is 4.79 Å². The molecule has 1 aromatic carbocycles. The third-order valence-corrected chi connectivity index (χ3v) is 3.58. The highest BCUT2D eigenvalue weighted by Gasteiger charge is 2.10. The van der Waals surface area contributed by atoms with Gasteiger partial charge in [-0.15, -0.1) is 11.8 Å². The molecule has 0 atom stereocenters. The predicted octanol–water partition coefficient (Wildman–Crippen LogP) is 4.04. The van der Waals surface area contributed by atoms with Gasteiger partial charge in [0.2, 0.25) is 0 Å². The Labute approximate surface area is 102 Å². The fourth-order valence-electron chi connectivity index (χ4n) is 1.12. The molecule has 0 spiro atoms. The van der Waals surface area contributed by atoms with Gasteiger partial charge in [0, 0.05) is 9.37 Å². The fourth-order valence-corrected chi connectivity index (χ4v) is 2.60. The van der Waals surface area contributed by atoms with Crippen molar-refractivity contribution in [3.05, 3.63) is 28.2 Å². The first kappa shape index (κ1) is 12.6. The lowest BCUT2D eigenvalue weighted by Gasteiger charge is -2.05. The maximum atomic E-state index is 11.0. The van der Waals surface area contributed by atoms with E-state index in [1.165, 1.54) is 0 Å². The van der Waals surface area contributed by atoms with Crippen molar-refractivity contribution in [1.82, 2.24) is 0 Å². The molecular formula is C11H13BrO2S. The van der Waals surface area contributed by atoms with Crippen molar-refractivity contribution in [3.8, 4) is 0 Å². The quantitative estimate of drug-likeness (QED) is 0.656. The Morgan fingerprint density at radius 1 is 1.53 bits per heavy atom. The summed E-state index contributed by atoms with van der Waals surface area (Å²) in [7, 11) is 0. The largest absolute Gasteiger partial charge is 0.478 e. The molecule has 4 heteroatoms. The molecule has 0 amide bonds. The van der Waals surface area contributed by atoms with Crippen LogP contribution in [-0.4, -0.2) is 16.8 Å². The van der Waals surface area contributed by atoms with Crippen LogP contribution >= 0.6 is 27.7 Å². The summed E-state index contributed by atoms with van der Waals surface area (Å²) >= 11 is 4.88. The topological polar surface area (TPSA) is 37.3 Å². The summed E-state index contributed by atoms with van der Waals surface area (Å²) in [6.07, 6.45) is 2.24. The summed E-state index contributed by atoms with van der Waals surface area (Å²) in [5, 5.41) is 9.01. The molecule has 0 saturated heterocycles. The van der Waals surface area contributed by atoms with Gasteiger partial charge in [0.15, 0.2) is 0 Å². The number of carboxylic acids is 1. The molecule has 0 aliphatic rings. The van der Waals surface area contributed by atoms with Crippen molar-refractivity contribution in [1.29, 1.82) is 0 Å². The zero-order chi connectivity index (χ0) is 11.3. The fraction of sp³-hybridized carbons (Fsp3) is 0.364. The average Bonchev–Trinajstić information content (AvgIpc) is 2.20. The van der Waals surface area contributed by atoms with E-state index in [1.807, 2.05) is 12.1 Å². The maximum Gasteiger partial charge on any atom is 0.336 e. The second-order valence-corrected chi connectivity index (χ2v) is 5.20. The summed E-state index contributed by atoms with van der Waals surface area (Å²) in [6, 6.07) is 5.38. The van der Waals surface area contributed by atoms with Gasteiger partial charge in [-0.2, -0.15) is 0 Å². The average molecular weight is 289 g/mol. The van der Waals surface area contributed by atoms with Crippen LogP contribution < -0.4 is 0 Å². The molecule has 0 saturated carbocycles. The van der Waals surface area contributed by atoms with Crippen molar-refractivity contribution in [2.75, 3.05) is 5.75 Å². The molecule has 0 bridgehead atoms. The van der Waals surface area contributed by atoms with Gasteiger partial charge in [-0.05, 0) is 30.4 Å². The molecule has 0 fully saturated rings. The van der Waals surface area contributed by atoms with E-state index in [1.54, 1.807) is 17.8 Å². The van der Waals surface area contributed by atoms with Crippen LogP contribution in [0.25, 0.3) is 0 Å². The zero-order valence-corrected chi connectivity index (χ0v) is 10.9. The predicted molar refractivity (Wildman–Crippen MR) is 66.7 cm³/mol. The molecule has 0 heterocycles. The number of hydrogen-bond acceptors (Lipinski definition) is 2. The Hall–Kier alpha value is -0.480. The van der Waals surface area contributed by atoms with Gasteiger partial charge in [0.25, 0.3) is 0 Å². The molecule has 82 valence electrons. The molecule has 0 aliphatic carbocycles. The van der Waals surface area contributed by atoms with Crippen LogP contribution in [0.3, 0.4) is 0 Å². The molecule has 0 aliphatic heterocycles. The minimum atomic E-state index is -0.865. The van der Waals surface area contributed by atoms with Gasteiger partial charge in [-0.1, -0.05) is 29.3 Å². The van der Waals surface area contributed by atoms with Crippen LogP contribution in [0.15, 0.2) is 27.6 Å². The first-order valence-electron chi connectivity index (χ1n) is 4.80. The highest BCUT2D eigenvalue weighted by Crippen LogP contribution is 2.26. The van der Waals surface area contributed by atoms with Crippen LogP contribution in [0.5, 0.6) is 0 Å². The monoisotopic (exact) mass is 288 g/mol. The summed E-state index contributed by atoms with van der Waals surface area (Å²) in [6.45, 7) is 2.13. The second-order valence-electron chi connectivity index (χ2n) is 3.15. The van der Waals surface area contributed by atoms with Crippen molar-refractivity contribution < 1.29 is 9.90 Å². The molecule has 2 nitrogen and oxygen atoms in total. The van der Waals surface area contributed by atoms with E-state index in [4.69, 9.17) is 5.11 Å². The minimum Gasteiger partial charge on any atom is -0.478 e. The molecule has 1 N–H and O–H groups in total. The lowest BCUT2D eigenvalue weighted by Crippen LogP contribution is -1.99. The van der Waals surface area contributed by atoms with E-state index in [2.05, 4.69) is 22.9 Å². The number of thioether (sulfide) groups is 1. The number of aromatic carboxylic acids is 1. The summed E-state index contributed by atoms with van der Waals surface area (Å²) in [5.74, 6) is 0.105. The number of halogens is 1. The van der Waals surface area contributed by atoms with Crippen molar-refractivity contribution in [3.63, 3.8) is 0 Å². The molecule has 0 radical (unpaired) electrons. The lowest BCUT2D eigenvalue weighted by molar-refractivity contribution is 0.0693. The van der Waals surface area contributed by atoms with Crippen LogP contribution in [0.1, 0.15) is 30.1 Å². The summed E-state index contributed by atoms with van der Waals surface area (Å²) in [4.78, 5) is 11.8. The number of benzene rings is 1. The van der Waals surface area contributed by atoms with E-state index in [-0.39, 0.29) is 0 Å². The Kier molecular flexibility index (Phi) is 5.19. The van der Waals surface area contributed by atoms with Gasteiger partial charge in [0.1, 0.15) is 0 Å². The zero-order valence-electron chi connectivity index (χ0n) is 8.50. The van der Waals surface area contributed by atoms with Crippen LogP contribution in [0, 0.1) is 0 Å². The van der Waals surface area contributed by atoms with E-state index in [0.29, 0.717) is 5.56 Å². The van der Waals surface area contributed by atoms with Crippen molar-refractivity contribution >= 4 is 33.7 Å². The van der Waals surface area contributed by atoms with Crippen molar-refractivity contribution in [2.24, 2.45) is 0 Å². The Morgan fingerprint density at radius 3 is 2.87 bits per heavy atom. The molecule has 0 unspecified atom stereocenters. The number of rotatable bonds is 5. The highest BCUT2D eigenvalue weighted by molar-refractivity contribution is 9.10. The van der Waals surface area contributed by atoms with E-state index in [9.17, 15) is 4.79 Å². The minimum absolute atomic E-state index is 0.380. The van der Waals surface area contributed by atoms with Gasteiger partial charge < -0.3 is 5.11 Å². The van der Waals surface area contributed by atoms with Crippen molar-refractivity contribution in [2.45, 2.75) is 24.7 Å². The van der Waals surface area contributed by atoms with Crippen LogP contribution in [0.4, 0.5) is 0 Å². The van der Waals surface area contributed by atoms with Gasteiger partial charge in [0.05, 0.1) is 5.56 Å². The maximum absolute atomic E-state index is 11.0. The van der Waals surface area contributed by atoms with Crippen LogP contribution in [-0.2, 0) is 0 Å². The van der Waals surface area contributed by atoms with Crippen LogP contribution in [0.2, 0.25) is 0 Å². The Balaban J connectivity index is 2.81. The highest BCUT2D eigenvalue weighted by atomic mass is 79.9. The molecule has 1 aromatic rings. The third kappa shape index (κ3) is 3.87. The standard InChI is InChI=1S/C11H13BrO2S/c1-2-3-6-15-10-5-4-8(12)7-9(10)11(13)14/h4-5,7H,2-3,6H2,1H3,(H,13,14). The summed E-state index contributed by atoms with van der Waals surface area (Å²) in [5.41, 5.74) is 0.380. The summed E-state index contributed by atoms with van der Waals surface area (Å²) < 4.78 is 0.805. The number of hydrogen-bond donors (Lipinski definition) is 1. The first-order valence-corrected chi connectivity index (χ1v) is 6.58. The first-order chi connectivity index (χ1) is 7.15. The van der Waals surface area contributed by atoms with E-state index >= 15 is 0 Å². The second kappa shape index (κ2) is 6.18. The van der Waals surface area contributed by atoms with Gasteiger partial charge in [-0.3, -0.25) is 0 Å². The third-order valence-electron chi connectivity index (χ3n) is 1.93. The molecule has 0 aromatic heterocycles. The van der Waals surface area contributed by atoms with Gasteiger partial charge >= 0.3 is 5.97 Å². The normalized spacial score (nSPS) is 10.3. The smallest absolute Gasteiger partial charge is 0.336 e. The SMILES string of the molecule is CCCCSc1ccc(Br)cc1C(=O)O. The molecular weight excluding hydrogens is 276 g/mol. The number of carboxylic acid groups (broad SMARTS) is 1. The number of carbonyl (C=O) groups is 1. The van der Waals surface area contributed by atoms with E-state index < -0.39 is 5.97 Å². The van der Waals surface area contributed by atoms with E-state index in [0.717, 1.165) is 28.0 Å².